The molecule has 4 fully saturated rings. The second kappa shape index (κ2) is 5.00. The Hall–Kier alpha value is -0.990. The predicted octanol–water partition coefficient (Wildman–Crippen LogP) is 3.59. The molecule has 0 spiro atoms. The monoisotopic (exact) mass is 316 g/mol. The SMILES string of the molecule is CC1CC2CC(=O)CC[C@]2(C=O)[C@@H]2CC[C@]3(C)C(=O)CC[C@H]3[C@H]12. The van der Waals surface area contributed by atoms with E-state index >= 15 is 0 Å². The van der Waals surface area contributed by atoms with E-state index in [-0.39, 0.29) is 16.7 Å². The molecule has 7 atom stereocenters. The summed E-state index contributed by atoms with van der Waals surface area (Å²) in [5.41, 5.74) is -0.422. The molecule has 0 aliphatic heterocycles. The number of fused-ring (bicyclic) bond motifs is 5. The van der Waals surface area contributed by atoms with Crippen molar-refractivity contribution >= 4 is 17.9 Å². The van der Waals surface area contributed by atoms with E-state index < -0.39 is 0 Å². The first-order chi connectivity index (χ1) is 10.9. The molecule has 3 heteroatoms. The van der Waals surface area contributed by atoms with Gasteiger partial charge in [0.1, 0.15) is 17.9 Å². The van der Waals surface area contributed by atoms with E-state index in [1.165, 1.54) is 6.29 Å². The highest BCUT2D eigenvalue weighted by molar-refractivity contribution is 5.87. The van der Waals surface area contributed by atoms with Gasteiger partial charge >= 0.3 is 0 Å². The summed E-state index contributed by atoms with van der Waals surface area (Å²) in [6.45, 7) is 4.49. The van der Waals surface area contributed by atoms with Gasteiger partial charge in [0, 0.05) is 30.1 Å². The summed E-state index contributed by atoms with van der Waals surface area (Å²) in [4.78, 5) is 36.7. The molecule has 0 N–H and O–H groups in total. The summed E-state index contributed by atoms with van der Waals surface area (Å²) in [5.74, 6) is 2.92. The fraction of sp³-hybridized carbons (Fsp3) is 0.850. The second-order valence-electron chi connectivity index (χ2n) is 9.09. The van der Waals surface area contributed by atoms with Crippen LogP contribution in [0.4, 0.5) is 0 Å². The van der Waals surface area contributed by atoms with Crippen LogP contribution < -0.4 is 0 Å². The largest absolute Gasteiger partial charge is 0.303 e. The molecule has 0 radical (unpaired) electrons. The number of hydrogen-bond donors (Lipinski definition) is 0. The Kier molecular flexibility index (Phi) is 3.38. The van der Waals surface area contributed by atoms with Crippen LogP contribution in [0.15, 0.2) is 0 Å². The average Bonchev–Trinajstić information content (AvgIpc) is 2.83. The number of carbonyl (C=O) groups is 3. The standard InChI is InChI=1S/C20H28O3/c1-12-9-13-10-14(22)5-8-20(13,11-21)16-6-7-19(2)15(18(12)16)3-4-17(19)23/h11-13,15-16,18H,3-10H2,1-2H3/t12?,13?,15-,16+,18-,19-,20+/m0/s1. The van der Waals surface area contributed by atoms with Gasteiger partial charge in [-0.2, -0.15) is 0 Å². The molecule has 4 aliphatic carbocycles. The third-order valence-electron chi connectivity index (χ3n) is 8.34. The van der Waals surface area contributed by atoms with Crippen LogP contribution in [0.1, 0.15) is 65.2 Å². The first-order valence-corrected chi connectivity index (χ1v) is 9.44. The number of ketones is 2. The maximum atomic E-state index is 12.5. The molecule has 2 unspecified atom stereocenters. The van der Waals surface area contributed by atoms with Crippen LogP contribution in [0.3, 0.4) is 0 Å². The molecule has 0 aromatic heterocycles. The first-order valence-electron chi connectivity index (χ1n) is 9.44. The van der Waals surface area contributed by atoms with Crippen molar-refractivity contribution in [3.63, 3.8) is 0 Å². The lowest BCUT2D eigenvalue weighted by Crippen LogP contribution is -2.58. The third kappa shape index (κ3) is 1.91. The highest BCUT2D eigenvalue weighted by Crippen LogP contribution is 2.66. The van der Waals surface area contributed by atoms with E-state index in [4.69, 9.17) is 0 Å². The van der Waals surface area contributed by atoms with E-state index in [0.717, 1.165) is 38.5 Å². The lowest BCUT2D eigenvalue weighted by molar-refractivity contribution is -0.160. The van der Waals surface area contributed by atoms with Gasteiger partial charge in [-0.25, -0.2) is 0 Å². The van der Waals surface area contributed by atoms with E-state index in [0.29, 0.717) is 48.1 Å². The van der Waals surface area contributed by atoms with Crippen molar-refractivity contribution in [2.45, 2.75) is 65.2 Å². The maximum absolute atomic E-state index is 12.5. The Morgan fingerprint density at radius 3 is 2.61 bits per heavy atom. The quantitative estimate of drug-likeness (QED) is 0.695. The number of hydrogen-bond acceptors (Lipinski definition) is 3. The van der Waals surface area contributed by atoms with Gasteiger partial charge in [-0.15, -0.1) is 0 Å². The molecule has 126 valence electrons. The molecular weight excluding hydrogens is 288 g/mol. The zero-order chi connectivity index (χ0) is 16.4. The van der Waals surface area contributed by atoms with Gasteiger partial charge in [-0.1, -0.05) is 13.8 Å². The highest BCUT2D eigenvalue weighted by Gasteiger charge is 2.63. The molecule has 3 nitrogen and oxygen atoms in total. The van der Waals surface area contributed by atoms with E-state index in [9.17, 15) is 14.4 Å². The molecule has 0 amide bonds. The highest BCUT2D eigenvalue weighted by atomic mass is 16.1. The van der Waals surface area contributed by atoms with Crippen molar-refractivity contribution in [1.29, 1.82) is 0 Å². The minimum atomic E-state index is -0.280. The van der Waals surface area contributed by atoms with Crippen LogP contribution >= 0.6 is 0 Å². The van der Waals surface area contributed by atoms with Gasteiger partial charge in [-0.05, 0) is 61.7 Å². The number of rotatable bonds is 1. The fourth-order valence-corrected chi connectivity index (χ4v) is 7.15. The maximum Gasteiger partial charge on any atom is 0.139 e. The van der Waals surface area contributed by atoms with Gasteiger partial charge in [0.05, 0.1) is 0 Å². The summed E-state index contributed by atoms with van der Waals surface area (Å²) in [5, 5.41) is 0. The minimum absolute atomic E-state index is 0.142. The topological polar surface area (TPSA) is 51.2 Å². The van der Waals surface area contributed by atoms with E-state index in [2.05, 4.69) is 13.8 Å². The smallest absolute Gasteiger partial charge is 0.139 e. The molecule has 23 heavy (non-hydrogen) atoms. The lowest BCUT2D eigenvalue weighted by Gasteiger charge is -2.60. The summed E-state index contributed by atoms with van der Waals surface area (Å²) < 4.78 is 0. The van der Waals surface area contributed by atoms with Crippen molar-refractivity contribution < 1.29 is 14.4 Å². The molecule has 0 saturated heterocycles. The second-order valence-corrected chi connectivity index (χ2v) is 9.09. The van der Waals surface area contributed by atoms with Crippen molar-refractivity contribution in [3.8, 4) is 0 Å². The van der Waals surface area contributed by atoms with Gasteiger partial charge in [0.25, 0.3) is 0 Å². The molecule has 4 rings (SSSR count). The summed E-state index contributed by atoms with van der Waals surface area (Å²) >= 11 is 0. The van der Waals surface area contributed by atoms with Gasteiger partial charge in [-0.3, -0.25) is 9.59 Å². The molecule has 0 aromatic carbocycles. The number of carbonyl (C=O) groups excluding carboxylic acids is 3. The fourth-order valence-electron chi connectivity index (χ4n) is 7.15. The molecule has 4 aliphatic rings. The Balaban J connectivity index is 1.74. The Bertz CT molecular complexity index is 567. The van der Waals surface area contributed by atoms with E-state index in [1.54, 1.807) is 0 Å². The molecule has 0 aromatic rings. The molecule has 0 bridgehead atoms. The number of aldehydes is 1. The lowest BCUT2D eigenvalue weighted by atomic mass is 9.43. The van der Waals surface area contributed by atoms with Crippen LogP contribution in [-0.4, -0.2) is 17.9 Å². The predicted molar refractivity (Wildman–Crippen MR) is 86.7 cm³/mol. The zero-order valence-electron chi connectivity index (χ0n) is 14.3. The zero-order valence-corrected chi connectivity index (χ0v) is 14.3. The Morgan fingerprint density at radius 2 is 1.87 bits per heavy atom. The van der Waals surface area contributed by atoms with Crippen LogP contribution in [0.5, 0.6) is 0 Å². The van der Waals surface area contributed by atoms with Crippen molar-refractivity contribution in [2.24, 2.45) is 40.4 Å². The van der Waals surface area contributed by atoms with Gasteiger partial charge < -0.3 is 4.79 Å². The van der Waals surface area contributed by atoms with Crippen LogP contribution in [-0.2, 0) is 14.4 Å². The molecule has 4 saturated carbocycles. The van der Waals surface area contributed by atoms with E-state index in [1.807, 2.05) is 0 Å². The average molecular weight is 316 g/mol. The van der Waals surface area contributed by atoms with Crippen molar-refractivity contribution in [3.05, 3.63) is 0 Å². The molecular formula is C20H28O3. The van der Waals surface area contributed by atoms with Crippen LogP contribution in [0.25, 0.3) is 0 Å². The van der Waals surface area contributed by atoms with Crippen LogP contribution in [0.2, 0.25) is 0 Å². The summed E-state index contributed by atoms with van der Waals surface area (Å²) in [6, 6.07) is 0. The normalized spacial score (nSPS) is 52.5. The summed E-state index contributed by atoms with van der Waals surface area (Å²) in [6.07, 6.45) is 7.84. The van der Waals surface area contributed by atoms with Crippen molar-refractivity contribution in [2.75, 3.05) is 0 Å². The Labute approximate surface area is 138 Å². The van der Waals surface area contributed by atoms with Crippen molar-refractivity contribution in [1.82, 2.24) is 0 Å². The third-order valence-corrected chi connectivity index (χ3v) is 8.34. The number of Topliss-reactive ketones (excluding diaryl/α,β-unsaturated/α-hetero) is 2. The Morgan fingerprint density at radius 1 is 1.09 bits per heavy atom. The van der Waals surface area contributed by atoms with Gasteiger partial charge in [0.2, 0.25) is 0 Å². The minimum Gasteiger partial charge on any atom is -0.303 e. The summed E-state index contributed by atoms with van der Waals surface area (Å²) in [7, 11) is 0. The van der Waals surface area contributed by atoms with Gasteiger partial charge in [0.15, 0.2) is 0 Å². The first kappa shape index (κ1) is 15.5. The van der Waals surface area contributed by atoms with Crippen LogP contribution in [0, 0.1) is 40.4 Å². The molecule has 0 heterocycles.